The minimum absolute atomic E-state index is 0.0257. The molecule has 200 valence electrons. The number of amides is 2. The molecule has 10 heteroatoms. The summed E-state index contributed by atoms with van der Waals surface area (Å²) in [4.78, 5) is 41.8. The van der Waals surface area contributed by atoms with Gasteiger partial charge in [0.2, 0.25) is 5.91 Å². The van der Waals surface area contributed by atoms with Crippen LogP contribution in [0.5, 0.6) is 0 Å². The van der Waals surface area contributed by atoms with E-state index in [-0.39, 0.29) is 37.0 Å². The number of pyridine rings is 1. The van der Waals surface area contributed by atoms with Gasteiger partial charge in [0, 0.05) is 64.2 Å². The van der Waals surface area contributed by atoms with Crippen molar-refractivity contribution in [3.63, 3.8) is 0 Å². The number of benzene rings is 1. The third kappa shape index (κ3) is 5.68. The van der Waals surface area contributed by atoms with E-state index in [1.807, 2.05) is 23.1 Å². The van der Waals surface area contributed by atoms with Crippen molar-refractivity contribution in [1.29, 1.82) is 0 Å². The molecule has 1 aliphatic heterocycles. The molecule has 0 radical (unpaired) electrons. The second-order valence-corrected chi connectivity index (χ2v) is 10.3. The van der Waals surface area contributed by atoms with Crippen LogP contribution in [0.15, 0.2) is 41.3 Å². The van der Waals surface area contributed by atoms with E-state index in [0.29, 0.717) is 23.7 Å². The molecule has 2 amide bonds. The number of aromatic nitrogens is 1. The molecule has 4 rings (SSSR count). The summed E-state index contributed by atoms with van der Waals surface area (Å²) in [5.74, 6) is -1.03. The predicted molar refractivity (Wildman–Crippen MR) is 139 cm³/mol. The third-order valence-corrected chi connectivity index (χ3v) is 7.93. The summed E-state index contributed by atoms with van der Waals surface area (Å²) in [5, 5.41) is 10.3. The van der Waals surface area contributed by atoms with Crippen LogP contribution in [-0.2, 0) is 39.9 Å². The summed E-state index contributed by atoms with van der Waals surface area (Å²) >= 11 is 6.55. The average Bonchev–Trinajstić information content (AvgIpc) is 3.73. The van der Waals surface area contributed by atoms with E-state index in [0.717, 1.165) is 30.4 Å². The van der Waals surface area contributed by atoms with Gasteiger partial charge in [0.15, 0.2) is 0 Å². The van der Waals surface area contributed by atoms with Crippen LogP contribution >= 0.6 is 11.6 Å². The molecule has 1 saturated heterocycles. The first-order valence-electron chi connectivity index (χ1n) is 12.5. The Hall–Kier alpha value is -2.88. The fourth-order valence-electron chi connectivity index (χ4n) is 5.19. The van der Waals surface area contributed by atoms with E-state index in [9.17, 15) is 19.5 Å². The quantitative estimate of drug-likeness (QED) is 0.533. The molecule has 2 atom stereocenters. The Kier molecular flexibility index (Phi) is 8.26. The van der Waals surface area contributed by atoms with Crippen LogP contribution in [0.1, 0.15) is 36.0 Å². The van der Waals surface area contributed by atoms with Crippen molar-refractivity contribution in [3.05, 3.63) is 68.6 Å². The van der Waals surface area contributed by atoms with Gasteiger partial charge in [-0.25, -0.2) is 4.79 Å². The molecular formula is C27H34ClN3O6. The molecule has 0 spiro atoms. The molecule has 1 aliphatic carbocycles. The molecule has 9 nitrogen and oxygen atoms in total. The van der Waals surface area contributed by atoms with E-state index in [4.69, 9.17) is 21.1 Å². The van der Waals surface area contributed by atoms with Crippen LogP contribution in [-0.4, -0.2) is 71.4 Å². The molecular weight excluding hydrogens is 498 g/mol. The second kappa shape index (κ2) is 11.2. The first-order chi connectivity index (χ1) is 17.7. The Bertz CT molecular complexity index is 1210. The Morgan fingerprint density at radius 3 is 2.59 bits per heavy atom. The summed E-state index contributed by atoms with van der Waals surface area (Å²) in [6.45, 7) is 1.05. The number of piperidine rings is 1. The lowest BCUT2D eigenvalue weighted by molar-refractivity contribution is -0.159. The Labute approximate surface area is 221 Å². The maximum atomic E-state index is 14.3. The summed E-state index contributed by atoms with van der Waals surface area (Å²) in [7, 11) is 4.83. The number of carbonyl (C=O) groups excluding carboxylic acids is 1. The Morgan fingerprint density at radius 1 is 1.22 bits per heavy atom. The minimum Gasteiger partial charge on any atom is -0.465 e. The molecule has 1 N–H and O–H groups in total. The number of aryl methyl sites for hydroxylation is 1. The molecule has 37 heavy (non-hydrogen) atoms. The summed E-state index contributed by atoms with van der Waals surface area (Å²) in [6.07, 6.45) is 3.28. The van der Waals surface area contributed by atoms with Gasteiger partial charge in [-0.3, -0.25) is 9.59 Å². The van der Waals surface area contributed by atoms with Gasteiger partial charge >= 0.3 is 6.09 Å². The molecule has 0 bridgehead atoms. The number of hydrogen-bond acceptors (Lipinski definition) is 5. The Balaban J connectivity index is 1.71. The van der Waals surface area contributed by atoms with Crippen LogP contribution in [0.3, 0.4) is 0 Å². The van der Waals surface area contributed by atoms with Crippen molar-refractivity contribution in [3.8, 4) is 0 Å². The highest BCUT2D eigenvalue weighted by atomic mass is 35.5. The number of carbonyl (C=O) groups is 2. The third-order valence-electron chi connectivity index (χ3n) is 7.56. The lowest BCUT2D eigenvalue weighted by Gasteiger charge is -2.47. The Morgan fingerprint density at radius 2 is 1.97 bits per heavy atom. The summed E-state index contributed by atoms with van der Waals surface area (Å²) in [6, 6.07) is 9.09. The topological polar surface area (TPSA) is 101 Å². The highest BCUT2D eigenvalue weighted by molar-refractivity contribution is 6.31. The van der Waals surface area contributed by atoms with E-state index >= 15 is 0 Å². The maximum absolute atomic E-state index is 14.3. The zero-order valence-electron chi connectivity index (χ0n) is 21.5. The van der Waals surface area contributed by atoms with Crippen molar-refractivity contribution in [1.82, 2.24) is 14.4 Å². The largest absolute Gasteiger partial charge is 0.465 e. The monoisotopic (exact) mass is 531 g/mol. The van der Waals surface area contributed by atoms with Crippen molar-refractivity contribution in [2.24, 2.45) is 13.0 Å². The molecule has 2 aliphatic rings. The number of likely N-dealkylation sites (tertiary alicyclic amines) is 1. The number of ether oxygens (including phenoxy) is 2. The van der Waals surface area contributed by atoms with E-state index in [2.05, 4.69) is 0 Å². The van der Waals surface area contributed by atoms with Gasteiger partial charge in [-0.15, -0.1) is 0 Å². The summed E-state index contributed by atoms with van der Waals surface area (Å²) < 4.78 is 12.7. The first kappa shape index (κ1) is 27.2. The van der Waals surface area contributed by atoms with Gasteiger partial charge in [-0.2, -0.15) is 0 Å². The van der Waals surface area contributed by atoms with Crippen molar-refractivity contribution >= 4 is 23.6 Å². The van der Waals surface area contributed by atoms with E-state index in [1.54, 1.807) is 26.4 Å². The van der Waals surface area contributed by atoms with Crippen LogP contribution in [0, 0.1) is 5.92 Å². The zero-order valence-corrected chi connectivity index (χ0v) is 22.2. The standard InChI is InChI=1S/C27H34ClN3O6/c1-29-11-8-20(15-24(29)32)27(37-3)10-12-30(26(34)35)17-22(27)25(33)31(21-5-6-21)16-19-14-18(9-13-36-2)4-7-23(19)28/h4,7-8,11,14-15,21-22H,5-6,9-10,12-13,16-17H2,1-3H3,(H,34,35)/t22-,27-/m1/s1. The molecule has 1 aromatic carbocycles. The lowest BCUT2D eigenvalue weighted by Crippen LogP contribution is -2.58. The van der Waals surface area contributed by atoms with Crippen LogP contribution < -0.4 is 5.56 Å². The second-order valence-electron chi connectivity index (χ2n) is 9.86. The zero-order chi connectivity index (χ0) is 26.7. The van der Waals surface area contributed by atoms with Gasteiger partial charge < -0.3 is 28.9 Å². The minimum atomic E-state index is -1.13. The van der Waals surface area contributed by atoms with Crippen LogP contribution in [0.25, 0.3) is 0 Å². The molecule has 1 saturated carbocycles. The highest BCUT2D eigenvalue weighted by Gasteiger charge is 2.52. The molecule has 2 fully saturated rings. The summed E-state index contributed by atoms with van der Waals surface area (Å²) in [5.41, 5.74) is 1.12. The van der Waals surface area contributed by atoms with E-state index < -0.39 is 17.6 Å². The number of rotatable bonds is 9. The average molecular weight is 532 g/mol. The van der Waals surface area contributed by atoms with Crippen molar-refractivity contribution < 1.29 is 24.2 Å². The van der Waals surface area contributed by atoms with Gasteiger partial charge in [0.25, 0.3) is 5.56 Å². The SMILES string of the molecule is COCCc1ccc(Cl)c(CN(C(=O)[C@H]2CN(C(=O)O)CC[C@@]2(OC)c2ccn(C)c(=O)c2)C2CC2)c1. The number of methoxy groups -OCH3 is 2. The highest BCUT2D eigenvalue weighted by Crippen LogP contribution is 2.43. The van der Waals surface area contributed by atoms with Gasteiger partial charge in [0.05, 0.1) is 12.5 Å². The van der Waals surface area contributed by atoms with E-state index in [1.165, 1.54) is 22.6 Å². The van der Waals surface area contributed by atoms with Crippen LogP contribution in [0.4, 0.5) is 4.79 Å². The number of halogens is 1. The van der Waals surface area contributed by atoms with Crippen molar-refractivity contribution in [2.75, 3.05) is 33.9 Å². The molecule has 2 heterocycles. The van der Waals surface area contributed by atoms with Crippen LogP contribution in [0.2, 0.25) is 5.02 Å². The van der Waals surface area contributed by atoms with Gasteiger partial charge in [-0.05, 0) is 54.5 Å². The van der Waals surface area contributed by atoms with Gasteiger partial charge in [-0.1, -0.05) is 23.7 Å². The maximum Gasteiger partial charge on any atom is 0.407 e. The lowest BCUT2D eigenvalue weighted by atomic mass is 9.75. The molecule has 2 aromatic rings. The van der Waals surface area contributed by atoms with Gasteiger partial charge in [0.1, 0.15) is 5.60 Å². The first-order valence-corrected chi connectivity index (χ1v) is 12.8. The normalized spacial score (nSPS) is 21.6. The fourth-order valence-corrected chi connectivity index (χ4v) is 5.36. The van der Waals surface area contributed by atoms with Crippen molar-refractivity contribution in [2.45, 2.75) is 43.9 Å². The number of carboxylic acid groups (broad SMARTS) is 1. The fraction of sp³-hybridized carbons (Fsp3) is 0.519. The number of hydrogen-bond donors (Lipinski definition) is 1. The predicted octanol–water partition coefficient (Wildman–Crippen LogP) is 3.26. The number of nitrogens with zero attached hydrogens (tertiary/aromatic N) is 3. The molecule has 1 aromatic heterocycles. The smallest absolute Gasteiger partial charge is 0.407 e. The molecule has 0 unspecified atom stereocenters.